The summed E-state index contributed by atoms with van der Waals surface area (Å²) in [6.07, 6.45) is 6.65. The lowest BCUT2D eigenvalue weighted by molar-refractivity contribution is -0.133. The van der Waals surface area contributed by atoms with Gasteiger partial charge in [0.1, 0.15) is 0 Å². The highest BCUT2D eigenvalue weighted by Gasteiger charge is 2.69. The molecule has 4 atom stereocenters. The summed E-state index contributed by atoms with van der Waals surface area (Å²) in [6, 6.07) is 7.58. The van der Waals surface area contributed by atoms with Crippen LogP contribution in [0.2, 0.25) is 0 Å². The summed E-state index contributed by atoms with van der Waals surface area (Å²) in [6.45, 7) is 4.83. The maximum Gasteiger partial charge on any atom is 0.228 e. The van der Waals surface area contributed by atoms with E-state index in [1.54, 1.807) is 0 Å². The van der Waals surface area contributed by atoms with Gasteiger partial charge in [0.25, 0.3) is 0 Å². The van der Waals surface area contributed by atoms with E-state index in [2.05, 4.69) is 52.6 Å². The maximum absolute atomic E-state index is 13.1. The molecule has 26 heavy (non-hydrogen) atoms. The molecule has 1 aromatic carbocycles. The van der Waals surface area contributed by atoms with Gasteiger partial charge in [-0.3, -0.25) is 9.59 Å². The van der Waals surface area contributed by atoms with Gasteiger partial charge in [-0.1, -0.05) is 41.9 Å². The normalized spacial score (nSPS) is 30.0. The number of allylic oxidation sites excluding steroid dienone is 2. The summed E-state index contributed by atoms with van der Waals surface area (Å²) in [5.41, 5.74) is 0.942. The molecule has 4 nitrogen and oxygen atoms in total. The lowest BCUT2D eigenvalue weighted by atomic mass is 9.81. The van der Waals surface area contributed by atoms with E-state index in [9.17, 15) is 9.59 Å². The third-order valence-corrected chi connectivity index (χ3v) is 6.77. The largest absolute Gasteiger partial charge is 0.356 e. The van der Waals surface area contributed by atoms with Crippen LogP contribution in [0.1, 0.15) is 26.7 Å². The van der Waals surface area contributed by atoms with E-state index < -0.39 is 0 Å². The van der Waals surface area contributed by atoms with Crippen LogP contribution in [-0.2, 0) is 9.59 Å². The molecule has 0 heterocycles. The molecule has 1 aromatic rings. The molecule has 2 fully saturated rings. The molecule has 0 radical (unpaired) electrons. The lowest BCUT2D eigenvalue weighted by Crippen LogP contribution is -2.42. The van der Waals surface area contributed by atoms with Crippen molar-refractivity contribution in [3.63, 3.8) is 0 Å². The van der Waals surface area contributed by atoms with Gasteiger partial charge in [-0.15, -0.1) is 0 Å². The van der Waals surface area contributed by atoms with Gasteiger partial charge >= 0.3 is 0 Å². The van der Waals surface area contributed by atoms with Crippen LogP contribution in [0, 0.1) is 35.0 Å². The van der Waals surface area contributed by atoms with Crippen molar-refractivity contribution in [3.05, 3.63) is 40.9 Å². The Bertz CT molecular complexity index is 752. The number of hydrogen-bond donors (Lipinski definition) is 2. The molecule has 5 heteroatoms. The average Bonchev–Trinajstić information content (AvgIpc) is 3.27. The Morgan fingerprint density at radius 2 is 1.65 bits per heavy atom. The molecule has 1 spiro atoms. The number of halogens is 1. The summed E-state index contributed by atoms with van der Waals surface area (Å²) < 4.78 is 0.973. The Balaban J connectivity index is 1.55. The van der Waals surface area contributed by atoms with Gasteiger partial charge in [-0.2, -0.15) is 0 Å². The molecule has 138 valence electrons. The minimum atomic E-state index is -0.275. The second-order valence-electron chi connectivity index (χ2n) is 8.36. The van der Waals surface area contributed by atoms with Crippen LogP contribution in [-0.4, -0.2) is 18.4 Å². The fraction of sp³-hybridized carbons (Fsp3) is 0.524. The Kier molecular flexibility index (Phi) is 4.46. The predicted octanol–water partition coefficient (Wildman–Crippen LogP) is 3.99. The van der Waals surface area contributed by atoms with Gasteiger partial charge in [-0.05, 0) is 60.3 Å². The van der Waals surface area contributed by atoms with Crippen molar-refractivity contribution in [2.45, 2.75) is 26.7 Å². The highest BCUT2D eigenvalue weighted by atomic mass is 79.9. The van der Waals surface area contributed by atoms with Crippen molar-refractivity contribution in [2.75, 3.05) is 11.9 Å². The molecule has 2 amide bonds. The summed E-state index contributed by atoms with van der Waals surface area (Å²) in [5.74, 6) is 0.291. The van der Waals surface area contributed by atoms with Crippen molar-refractivity contribution >= 4 is 33.4 Å². The molecule has 2 saturated carbocycles. The summed E-state index contributed by atoms with van der Waals surface area (Å²) in [5, 5.41) is 6.11. The van der Waals surface area contributed by atoms with E-state index in [-0.39, 0.29) is 40.9 Å². The van der Waals surface area contributed by atoms with Crippen molar-refractivity contribution in [2.24, 2.45) is 35.0 Å². The van der Waals surface area contributed by atoms with Crippen LogP contribution >= 0.6 is 15.9 Å². The Labute approximate surface area is 162 Å². The van der Waals surface area contributed by atoms with Gasteiger partial charge in [0.05, 0.1) is 11.8 Å². The third-order valence-electron chi connectivity index (χ3n) is 6.24. The number of amides is 2. The van der Waals surface area contributed by atoms with Crippen LogP contribution < -0.4 is 10.6 Å². The highest BCUT2D eigenvalue weighted by Crippen LogP contribution is 2.72. The van der Waals surface area contributed by atoms with Gasteiger partial charge in [0, 0.05) is 16.7 Å². The van der Waals surface area contributed by atoms with Crippen LogP contribution in [0.4, 0.5) is 5.69 Å². The van der Waals surface area contributed by atoms with Gasteiger partial charge in [0.15, 0.2) is 0 Å². The number of nitrogens with one attached hydrogen (secondary N) is 2. The molecule has 0 aliphatic heterocycles. The van der Waals surface area contributed by atoms with Crippen molar-refractivity contribution in [1.29, 1.82) is 0 Å². The van der Waals surface area contributed by atoms with Gasteiger partial charge < -0.3 is 10.6 Å². The topological polar surface area (TPSA) is 58.2 Å². The summed E-state index contributed by atoms with van der Waals surface area (Å²) >= 11 is 3.41. The standard InChI is InChI=1S/C21H25BrN2O2/c1-12(2)11-23-19(25)17-15-7-8-16(21(15)9-10-21)18(17)20(26)24-14-5-3-13(22)4-6-14/h3-8,12,15-18H,9-11H2,1-2H3,(H,23,25)(H,24,26)/t15-,16-,17-,18-/m1/s1. The van der Waals surface area contributed by atoms with Crippen molar-refractivity contribution < 1.29 is 9.59 Å². The number of carbonyl (C=O) groups is 2. The van der Waals surface area contributed by atoms with Gasteiger partial charge in [-0.25, -0.2) is 0 Å². The molecule has 0 unspecified atom stereocenters. The van der Waals surface area contributed by atoms with Crippen LogP contribution in [0.25, 0.3) is 0 Å². The molecule has 0 saturated heterocycles. The number of benzene rings is 1. The number of anilines is 1. The Hall–Kier alpha value is -1.62. The van der Waals surface area contributed by atoms with Crippen molar-refractivity contribution in [3.8, 4) is 0 Å². The Morgan fingerprint density at radius 1 is 1.08 bits per heavy atom. The van der Waals surface area contributed by atoms with E-state index in [0.717, 1.165) is 23.0 Å². The zero-order valence-electron chi connectivity index (χ0n) is 15.2. The first-order valence-electron chi connectivity index (χ1n) is 9.45. The first-order valence-corrected chi connectivity index (χ1v) is 10.2. The number of carbonyl (C=O) groups excluding carboxylic acids is 2. The first kappa shape index (κ1) is 17.8. The highest BCUT2D eigenvalue weighted by molar-refractivity contribution is 9.10. The molecule has 4 rings (SSSR count). The molecule has 2 N–H and O–H groups in total. The van der Waals surface area contributed by atoms with Crippen LogP contribution in [0.15, 0.2) is 40.9 Å². The molecular weight excluding hydrogens is 392 g/mol. The molecular formula is C21H25BrN2O2. The first-order chi connectivity index (χ1) is 12.4. The minimum absolute atomic E-state index is 0.0276. The lowest BCUT2D eigenvalue weighted by Gasteiger charge is -2.26. The summed E-state index contributed by atoms with van der Waals surface area (Å²) in [4.78, 5) is 26.1. The SMILES string of the molecule is CC(C)CNC(=O)[C@H]1[C@H](C(=O)Nc2ccc(Br)cc2)[C@H]2C=C[C@H]1C21CC1. The summed E-state index contributed by atoms with van der Waals surface area (Å²) in [7, 11) is 0. The molecule has 3 aliphatic carbocycles. The number of hydrogen-bond acceptors (Lipinski definition) is 2. The van der Waals surface area contributed by atoms with E-state index >= 15 is 0 Å². The van der Waals surface area contributed by atoms with Crippen LogP contribution in [0.5, 0.6) is 0 Å². The fourth-order valence-corrected chi connectivity index (χ4v) is 5.16. The second-order valence-corrected chi connectivity index (χ2v) is 9.27. The maximum atomic E-state index is 13.1. The van der Waals surface area contributed by atoms with Gasteiger partial charge in [0.2, 0.25) is 11.8 Å². The van der Waals surface area contributed by atoms with Crippen molar-refractivity contribution in [1.82, 2.24) is 5.32 Å². The molecule has 0 aromatic heterocycles. The third kappa shape index (κ3) is 2.90. The van der Waals surface area contributed by atoms with Crippen LogP contribution in [0.3, 0.4) is 0 Å². The number of rotatable bonds is 5. The van der Waals surface area contributed by atoms with E-state index in [0.29, 0.717) is 12.5 Å². The smallest absolute Gasteiger partial charge is 0.228 e. The zero-order valence-corrected chi connectivity index (χ0v) is 16.8. The van der Waals surface area contributed by atoms with E-state index in [1.165, 1.54) is 0 Å². The fourth-order valence-electron chi connectivity index (χ4n) is 4.89. The second kappa shape index (κ2) is 6.52. The Morgan fingerprint density at radius 3 is 2.19 bits per heavy atom. The quantitative estimate of drug-likeness (QED) is 0.712. The average molecular weight is 417 g/mol. The minimum Gasteiger partial charge on any atom is -0.356 e. The molecule has 3 aliphatic rings. The monoisotopic (exact) mass is 416 g/mol. The predicted molar refractivity (Wildman–Crippen MR) is 105 cm³/mol. The van der Waals surface area contributed by atoms with E-state index in [1.807, 2.05) is 24.3 Å². The molecule has 2 bridgehead atoms. The zero-order chi connectivity index (χ0) is 18.5. The van der Waals surface area contributed by atoms with E-state index in [4.69, 9.17) is 0 Å².